The van der Waals surface area contributed by atoms with Crippen LogP contribution in [-0.4, -0.2) is 50.5 Å². The lowest BCUT2D eigenvalue weighted by Crippen LogP contribution is -2.43. The van der Waals surface area contributed by atoms with E-state index in [1.165, 1.54) is 43.4 Å². The Balaban J connectivity index is 1.33. The first-order chi connectivity index (χ1) is 13.3. The lowest BCUT2D eigenvalue weighted by Gasteiger charge is -2.38. The summed E-state index contributed by atoms with van der Waals surface area (Å²) in [4.78, 5) is 14.5. The Morgan fingerprint density at radius 2 is 1.85 bits per heavy atom. The Labute approximate surface area is 160 Å². The Bertz CT molecular complexity index is 912. The van der Waals surface area contributed by atoms with Crippen LogP contribution in [0.4, 0.5) is 0 Å². The van der Waals surface area contributed by atoms with Crippen LogP contribution in [0.15, 0.2) is 48.9 Å². The predicted octanol–water partition coefficient (Wildman–Crippen LogP) is 3.47. The molecule has 0 saturated carbocycles. The van der Waals surface area contributed by atoms with E-state index in [9.17, 15) is 0 Å². The van der Waals surface area contributed by atoms with Crippen molar-refractivity contribution in [3.8, 4) is 0 Å². The highest BCUT2D eigenvalue weighted by Gasteiger charge is 2.27. The molecule has 5 rings (SSSR count). The molecule has 2 aromatic heterocycles. The molecule has 5 heteroatoms. The Morgan fingerprint density at radius 3 is 2.78 bits per heavy atom. The van der Waals surface area contributed by atoms with E-state index >= 15 is 0 Å². The molecule has 3 aromatic rings. The van der Waals surface area contributed by atoms with Crippen LogP contribution >= 0.6 is 0 Å². The Kier molecular flexibility index (Phi) is 4.64. The van der Waals surface area contributed by atoms with Crippen LogP contribution < -0.4 is 0 Å². The molecular weight excluding hydrogens is 334 g/mol. The van der Waals surface area contributed by atoms with Gasteiger partial charge in [0.2, 0.25) is 0 Å². The van der Waals surface area contributed by atoms with Gasteiger partial charge in [0, 0.05) is 37.8 Å². The molecule has 0 aliphatic carbocycles. The van der Waals surface area contributed by atoms with E-state index in [0.717, 1.165) is 37.4 Å². The van der Waals surface area contributed by atoms with Crippen molar-refractivity contribution in [2.75, 3.05) is 26.2 Å². The summed E-state index contributed by atoms with van der Waals surface area (Å²) in [5, 5.41) is 1.21. The third kappa shape index (κ3) is 3.62. The van der Waals surface area contributed by atoms with Crippen molar-refractivity contribution in [1.82, 2.24) is 24.3 Å². The number of rotatable bonds is 4. The van der Waals surface area contributed by atoms with Crippen molar-refractivity contribution in [3.63, 3.8) is 0 Å². The zero-order valence-electron chi connectivity index (χ0n) is 15.8. The monoisotopic (exact) mass is 361 g/mol. The zero-order valence-corrected chi connectivity index (χ0v) is 15.8. The average molecular weight is 361 g/mol. The Hall–Kier alpha value is -2.24. The van der Waals surface area contributed by atoms with Gasteiger partial charge in [-0.2, -0.15) is 0 Å². The molecule has 0 amide bonds. The minimum atomic E-state index is 0.481. The van der Waals surface area contributed by atoms with Crippen molar-refractivity contribution in [2.24, 2.45) is 0 Å². The molecule has 0 unspecified atom stereocenters. The molecule has 0 N–H and O–H groups in total. The molecule has 27 heavy (non-hydrogen) atoms. The number of aromatic nitrogens is 3. The van der Waals surface area contributed by atoms with Crippen LogP contribution in [0.3, 0.4) is 0 Å². The number of benzene rings is 1. The lowest BCUT2D eigenvalue weighted by molar-refractivity contribution is 0.127. The number of hydrogen-bond donors (Lipinski definition) is 0. The fourth-order valence-corrected chi connectivity index (χ4v) is 4.59. The van der Waals surface area contributed by atoms with Gasteiger partial charge in [-0.15, -0.1) is 0 Å². The van der Waals surface area contributed by atoms with Crippen LogP contribution in [-0.2, 0) is 13.1 Å². The average Bonchev–Trinajstić information content (AvgIpc) is 3.18. The van der Waals surface area contributed by atoms with Crippen LogP contribution in [0.2, 0.25) is 0 Å². The minimum Gasteiger partial charge on any atom is -0.328 e. The first kappa shape index (κ1) is 16.9. The van der Waals surface area contributed by atoms with Gasteiger partial charge >= 0.3 is 0 Å². The number of imidazole rings is 1. The van der Waals surface area contributed by atoms with E-state index in [1.54, 1.807) is 0 Å². The quantitative estimate of drug-likeness (QED) is 0.713. The molecular formula is C22H27N5. The van der Waals surface area contributed by atoms with Crippen molar-refractivity contribution < 1.29 is 0 Å². The molecule has 5 nitrogen and oxygen atoms in total. The number of nitrogens with zero attached hydrogens (tertiary/aromatic N) is 5. The van der Waals surface area contributed by atoms with Crippen LogP contribution in [0.5, 0.6) is 0 Å². The summed E-state index contributed by atoms with van der Waals surface area (Å²) in [5.74, 6) is 0. The van der Waals surface area contributed by atoms with Crippen LogP contribution in [0.1, 0.15) is 36.7 Å². The fraction of sp³-hybridized carbons (Fsp3) is 0.455. The molecule has 1 fully saturated rings. The normalized spacial score (nSPS) is 21.4. The van der Waals surface area contributed by atoms with Gasteiger partial charge < -0.3 is 9.47 Å². The maximum absolute atomic E-state index is 4.88. The molecule has 2 aliphatic heterocycles. The Morgan fingerprint density at radius 1 is 0.963 bits per heavy atom. The topological polar surface area (TPSA) is 37.2 Å². The largest absolute Gasteiger partial charge is 0.328 e. The first-order valence-corrected chi connectivity index (χ1v) is 10.2. The second-order valence-corrected chi connectivity index (χ2v) is 7.97. The summed E-state index contributed by atoms with van der Waals surface area (Å²) >= 11 is 0. The maximum atomic E-state index is 4.88. The standard InChI is InChI=1S/C22H27N5/c1-4-10-25(11-5-1)15-21-16-26(14-20-12-23-17-27(20)21)13-19-9-8-18-6-2-3-7-22(18)24-19/h2-3,6-9,12,17,21H,1,4-5,10-11,13-16H2/t21-/m0/s1. The van der Waals surface area contributed by atoms with Gasteiger partial charge in [0.1, 0.15) is 0 Å². The second-order valence-electron chi connectivity index (χ2n) is 7.97. The number of fused-ring (bicyclic) bond motifs is 2. The number of pyridine rings is 1. The van der Waals surface area contributed by atoms with Crippen LogP contribution in [0, 0.1) is 0 Å². The molecule has 1 aromatic carbocycles. The van der Waals surface area contributed by atoms with E-state index in [1.807, 2.05) is 12.5 Å². The van der Waals surface area contributed by atoms with Gasteiger partial charge in [-0.3, -0.25) is 9.88 Å². The maximum Gasteiger partial charge on any atom is 0.0952 e. The highest BCUT2D eigenvalue weighted by molar-refractivity contribution is 5.78. The summed E-state index contributed by atoms with van der Waals surface area (Å²) in [7, 11) is 0. The van der Waals surface area contributed by atoms with E-state index in [0.29, 0.717) is 6.04 Å². The molecule has 0 spiro atoms. The van der Waals surface area contributed by atoms with Gasteiger partial charge in [-0.05, 0) is 38.1 Å². The summed E-state index contributed by atoms with van der Waals surface area (Å²) < 4.78 is 2.40. The fourth-order valence-electron chi connectivity index (χ4n) is 4.59. The summed E-state index contributed by atoms with van der Waals surface area (Å²) in [5.41, 5.74) is 3.56. The zero-order chi connectivity index (χ0) is 18.1. The highest BCUT2D eigenvalue weighted by atomic mass is 15.3. The van der Waals surface area contributed by atoms with Gasteiger partial charge in [-0.25, -0.2) is 4.98 Å². The van der Waals surface area contributed by atoms with E-state index < -0.39 is 0 Å². The van der Waals surface area contributed by atoms with Gasteiger partial charge in [0.25, 0.3) is 0 Å². The minimum absolute atomic E-state index is 0.481. The summed E-state index contributed by atoms with van der Waals surface area (Å²) in [6.45, 7) is 6.52. The van der Waals surface area contributed by atoms with Crippen LogP contribution in [0.25, 0.3) is 10.9 Å². The smallest absolute Gasteiger partial charge is 0.0952 e. The van der Waals surface area contributed by atoms with Gasteiger partial charge in [0.15, 0.2) is 0 Å². The summed E-state index contributed by atoms with van der Waals surface area (Å²) in [6.07, 6.45) is 8.12. The molecule has 2 aliphatic rings. The van der Waals surface area contributed by atoms with Crippen molar-refractivity contribution in [1.29, 1.82) is 0 Å². The number of piperidine rings is 1. The van der Waals surface area contributed by atoms with Gasteiger partial charge in [0.05, 0.1) is 29.3 Å². The SMILES string of the molecule is c1ccc2nc(CN3Cc4cncn4[C@@H](CN4CCCCC4)C3)ccc2c1. The van der Waals surface area contributed by atoms with Crippen molar-refractivity contribution in [3.05, 3.63) is 60.3 Å². The molecule has 1 atom stereocenters. The third-order valence-corrected chi connectivity index (χ3v) is 5.95. The molecule has 1 saturated heterocycles. The first-order valence-electron chi connectivity index (χ1n) is 10.2. The summed E-state index contributed by atoms with van der Waals surface area (Å²) in [6, 6.07) is 13.2. The second kappa shape index (κ2) is 7.41. The molecule has 140 valence electrons. The van der Waals surface area contributed by atoms with Crippen molar-refractivity contribution >= 4 is 10.9 Å². The molecule has 4 heterocycles. The highest BCUT2D eigenvalue weighted by Crippen LogP contribution is 2.24. The van der Waals surface area contributed by atoms with Gasteiger partial charge in [-0.1, -0.05) is 30.7 Å². The number of hydrogen-bond acceptors (Lipinski definition) is 4. The lowest BCUT2D eigenvalue weighted by atomic mass is 10.1. The van der Waals surface area contributed by atoms with E-state index in [4.69, 9.17) is 4.98 Å². The van der Waals surface area contributed by atoms with Crippen molar-refractivity contribution in [2.45, 2.75) is 38.4 Å². The molecule has 0 bridgehead atoms. The predicted molar refractivity (Wildman–Crippen MR) is 107 cm³/mol. The number of para-hydroxylation sites is 1. The van der Waals surface area contributed by atoms with E-state index in [-0.39, 0.29) is 0 Å². The third-order valence-electron chi connectivity index (χ3n) is 5.95. The number of likely N-dealkylation sites (tertiary alicyclic amines) is 1. The molecule has 0 radical (unpaired) electrons. The van der Waals surface area contributed by atoms with E-state index in [2.05, 4.69) is 55.7 Å².